The van der Waals surface area contributed by atoms with Crippen LogP contribution in [0.4, 0.5) is 5.69 Å². The van der Waals surface area contributed by atoms with Gasteiger partial charge < -0.3 is 10.1 Å². The van der Waals surface area contributed by atoms with Gasteiger partial charge in [0.25, 0.3) is 5.91 Å². The van der Waals surface area contributed by atoms with Crippen molar-refractivity contribution in [2.24, 2.45) is 0 Å². The summed E-state index contributed by atoms with van der Waals surface area (Å²) in [7, 11) is 0. The van der Waals surface area contributed by atoms with Gasteiger partial charge in [-0.2, -0.15) is 0 Å². The number of ketones is 1. The molecular weight excluding hydrogens is 334 g/mol. The van der Waals surface area contributed by atoms with Crippen molar-refractivity contribution < 1.29 is 19.1 Å². The van der Waals surface area contributed by atoms with Gasteiger partial charge in [0.05, 0.1) is 17.9 Å². The first-order valence-corrected chi connectivity index (χ1v) is 8.25. The van der Waals surface area contributed by atoms with Gasteiger partial charge >= 0.3 is 0 Å². The highest BCUT2D eigenvalue weighted by molar-refractivity contribution is 6.05. The molecule has 1 aromatic heterocycles. The monoisotopic (exact) mass is 353 g/mol. The highest BCUT2D eigenvalue weighted by Gasteiger charge is 2.33. The van der Waals surface area contributed by atoms with Gasteiger partial charge in [-0.25, -0.2) is 0 Å². The van der Waals surface area contributed by atoms with Crippen LogP contribution in [0.25, 0.3) is 0 Å². The number of pyridine rings is 1. The van der Waals surface area contributed by atoms with Crippen molar-refractivity contribution in [1.29, 1.82) is 0 Å². The highest BCUT2D eigenvalue weighted by atomic mass is 16.5. The summed E-state index contributed by atoms with van der Waals surface area (Å²) >= 11 is 0. The van der Waals surface area contributed by atoms with E-state index < -0.39 is 6.04 Å². The number of hydrogen-bond acceptors (Lipinski definition) is 5. The maximum Gasteiger partial charge on any atom is 0.265 e. The number of anilines is 1. The predicted molar refractivity (Wildman–Crippen MR) is 95.0 cm³/mol. The Balaban J connectivity index is 1.81. The maximum atomic E-state index is 12.5. The molecule has 26 heavy (non-hydrogen) atoms. The fraction of sp³-hybridized carbons (Fsp3) is 0.263. The number of hydrogen-bond donors (Lipinski definition) is 1. The molecule has 1 N–H and O–H groups in total. The van der Waals surface area contributed by atoms with E-state index in [9.17, 15) is 14.4 Å². The number of aromatic nitrogens is 1. The Labute approximate surface area is 151 Å². The second-order valence-corrected chi connectivity index (χ2v) is 6.01. The topological polar surface area (TPSA) is 88.6 Å². The van der Waals surface area contributed by atoms with Crippen molar-refractivity contribution in [1.82, 2.24) is 10.3 Å². The number of carbonyl (C=O) groups is 3. The van der Waals surface area contributed by atoms with Crippen LogP contribution in [0.15, 0.2) is 42.6 Å². The quantitative estimate of drug-likeness (QED) is 0.827. The minimum absolute atomic E-state index is 0.127. The molecule has 2 aromatic rings. The molecule has 3 rings (SSSR count). The minimum Gasteiger partial charge on any atom is -0.482 e. The van der Waals surface area contributed by atoms with E-state index in [-0.39, 0.29) is 30.7 Å². The molecule has 1 aromatic carbocycles. The normalized spacial score (nSPS) is 14.2. The second kappa shape index (κ2) is 7.35. The Morgan fingerprint density at radius 2 is 2.12 bits per heavy atom. The van der Waals surface area contributed by atoms with Gasteiger partial charge in [0.1, 0.15) is 11.8 Å². The van der Waals surface area contributed by atoms with E-state index in [2.05, 4.69) is 10.3 Å². The molecule has 1 aliphatic heterocycles. The number of nitrogens with one attached hydrogen (secondary N) is 1. The number of rotatable bonds is 5. The van der Waals surface area contributed by atoms with E-state index in [1.807, 2.05) is 6.07 Å². The van der Waals surface area contributed by atoms with E-state index in [0.717, 1.165) is 5.69 Å². The Morgan fingerprint density at radius 1 is 1.31 bits per heavy atom. The maximum absolute atomic E-state index is 12.5. The molecule has 0 bridgehead atoms. The van der Waals surface area contributed by atoms with Crippen LogP contribution in [-0.2, 0) is 16.1 Å². The number of benzene rings is 1. The first kappa shape index (κ1) is 17.6. The van der Waals surface area contributed by atoms with E-state index in [0.29, 0.717) is 17.0 Å². The Bertz CT molecular complexity index is 851. The summed E-state index contributed by atoms with van der Waals surface area (Å²) in [5.74, 6) is -0.305. The summed E-state index contributed by atoms with van der Waals surface area (Å²) in [6.07, 6.45) is 1.65. The van der Waals surface area contributed by atoms with Crippen LogP contribution in [0.1, 0.15) is 29.9 Å². The van der Waals surface area contributed by atoms with Crippen LogP contribution < -0.4 is 15.0 Å². The minimum atomic E-state index is -0.754. The van der Waals surface area contributed by atoms with E-state index in [1.54, 1.807) is 43.5 Å². The fourth-order valence-corrected chi connectivity index (χ4v) is 2.76. The molecule has 1 atom stereocenters. The summed E-state index contributed by atoms with van der Waals surface area (Å²) in [6, 6.07) is 9.55. The van der Waals surface area contributed by atoms with Crippen LogP contribution in [0.2, 0.25) is 0 Å². The number of Topliss-reactive ketones (excluding diaryl/α,β-unsaturated/α-hetero) is 1. The molecule has 2 amide bonds. The first-order valence-electron chi connectivity index (χ1n) is 8.25. The molecule has 0 fully saturated rings. The highest BCUT2D eigenvalue weighted by Crippen LogP contribution is 2.34. The van der Waals surface area contributed by atoms with Crippen molar-refractivity contribution in [3.05, 3.63) is 53.9 Å². The number of amides is 2. The molecule has 1 aliphatic rings. The number of ether oxygens (including phenoxy) is 1. The largest absolute Gasteiger partial charge is 0.482 e. The van der Waals surface area contributed by atoms with Crippen LogP contribution in [0.3, 0.4) is 0 Å². The van der Waals surface area contributed by atoms with Crippen molar-refractivity contribution in [2.75, 3.05) is 11.5 Å². The van der Waals surface area contributed by atoms with Gasteiger partial charge in [-0.1, -0.05) is 6.07 Å². The molecule has 2 heterocycles. The Morgan fingerprint density at radius 3 is 2.81 bits per heavy atom. The zero-order valence-corrected chi connectivity index (χ0v) is 14.6. The zero-order valence-electron chi connectivity index (χ0n) is 14.6. The van der Waals surface area contributed by atoms with E-state index >= 15 is 0 Å². The third-order valence-electron chi connectivity index (χ3n) is 4.18. The summed E-state index contributed by atoms with van der Waals surface area (Å²) in [5.41, 5.74) is 1.60. The third-order valence-corrected chi connectivity index (χ3v) is 4.18. The van der Waals surface area contributed by atoms with Crippen LogP contribution in [0.5, 0.6) is 5.75 Å². The van der Waals surface area contributed by atoms with Gasteiger partial charge in [0, 0.05) is 11.8 Å². The zero-order chi connectivity index (χ0) is 18.7. The summed E-state index contributed by atoms with van der Waals surface area (Å²) in [5, 5.41) is 2.78. The van der Waals surface area contributed by atoms with E-state index in [4.69, 9.17) is 4.74 Å². The van der Waals surface area contributed by atoms with Gasteiger partial charge in [-0.05, 0) is 44.2 Å². The Kier molecular flexibility index (Phi) is 4.97. The standard InChI is InChI=1S/C19H19N3O4/c1-12(19(25)21-10-15-5-3-4-8-20-15)22-16-9-14(13(2)23)6-7-17(16)26-11-18(22)24/h3-9,12H,10-11H2,1-2H3,(H,21,25). The number of nitrogens with zero attached hydrogens (tertiary/aromatic N) is 2. The van der Waals surface area contributed by atoms with Gasteiger partial charge in [0.2, 0.25) is 5.91 Å². The molecule has 7 nitrogen and oxygen atoms in total. The average Bonchev–Trinajstić information content (AvgIpc) is 2.65. The molecule has 0 radical (unpaired) electrons. The second-order valence-electron chi connectivity index (χ2n) is 6.01. The molecule has 1 unspecified atom stereocenters. The van der Waals surface area contributed by atoms with Crippen LogP contribution in [-0.4, -0.2) is 35.2 Å². The lowest BCUT2D eigenvalue weighted by Crippen LogP contribution is -2.51. The third kappa shape index (κ3) is 3.56. The van der Waals surface area contributed by atoms with Gasteiger partial charge in [-0.15, -0.1) is 0 Å². The predicted octanol–water partition coefficient (Wildman–Crippen LogP) is 1.71. The summed E-state index contributed by atoms with van der Waals surface area (Å²) in [6.45, 7) is 3.20. The van der Waals surface area contributed by atoms with E-state index in [1.165, 1.54) is 11.8 Å². The lowest BCUT2D eigenvalue weighted by atomic mass is 10.1. The van der Waals surface area contributed by atoms with Crippen molar-refractivity contribution >= 4 is 23.3 Å². The fourth-order valence-electron chi connectivity index (χ4n) is 2.76. The lowest BCUT2D eigenvalue weighted by Gasteiger charge is -2.33. The molecular formula is C19H19N3O4. The molecule has 7 heteroatoms. The van der Waals surface area contributed by atoms with Crippen LogP contribution in [0, 0.1) is 0 Å². The smallest absolute Gasteiger partial charge is 0.265 e. The van der Waals surface area contributed by atoms with Crippen LogP contribution >= 0.6 is 0 Å². The summed E-state index contributed by atoms with van der Waals surface area (Å²) < 4.78 is 5.42. The molecule has 0 saturated heterocycles. The number of carbonyl (C=O) groups excluding carboxylic acids is 3. The van der Waals surface area contributed by atoms with Gasteiger partial charge in [-0.3, -0.25) is 24.3 Å². The SMILES string of the molecule is CC(=O)c1ccc2c(c1)N(C(C)C(=O)NCc1ccccn1)C(=O)CO2. The van der Waals surface area contributed by atoms with Gasteiger partial charge in [0.15, 0.2) is 12.4 Å². The first-order chi connectivity index (χ1) is 12.5. The molecule has 0 saturated carbocycles. The van der Waals surface area contributed by atoms with Crippen molar-refractivity contribution in [3.8, 4) is 5.75 Å². The average molecular weight is 353 g/mol. The Hall–Kier alpha value is -3.22. The number of fused-ring (bicyclic) bond motifs is 1. The summed E-state index contributed by atoms with van der Waals surface area (Å²) in [4.78, 5) is 42.1. The molecule has 0 aliphatic carbocycles. The van der Waals surface area contributed by atoms with Crippen molar-refractivity contribution in [3.63, 3.8) is 0 Å². The lowest BCUT2D eigenvalue weighted by molar-refractivity contribution is -0.127. The van der Waals surface area contributed by atoms with Crippen molar-refractivity contribution in [2.45, 2.75) is 26.4 Å². The molecule has 0 spiro atoms. The molecule has 134 valence electrons.